The first-order chi connectivity index (χ1) is 7.22. The second-order valence-electron chi connectivity index (χ2n) is 4.00. The molecule has 0 aromatic carbocycles. The fraction of sp³-hybridized carbons (Fsp3) is 0.636. The van der Waals surface area contributed by atoms with E-state index in [1.807, 2.05) is 13.1 Å². The van der Waals surface area contributed by atoms with Crippen LogP contribution in [0.4, 0.5) is 5.82 Å². The second-order valence-corrected chi connectivity index (χ2v) is 4.00. The van der Waals surface area contributed by atoms with E-state index in [9.17, 15) is 0 Å². The van der Waals surface area contributed by atoms with Gasteiger partial charge >= 0.3 is 0 Å². The van der Waals surface area contributed by atoms with Crippen LogP contribution in [0.25, 0.3) is 0 Å². The molecule has 1 aromatic heterocycles. The highest BCUT2D eigenvalue weighted by Crippen LogP contribution is 2.04. The summed E-state index contributed by atoms with van der Waals surface area (Å²) in [5.74, 6) is 2.46. The lowest BCUT2D eigenvalue weighted by atomic mass is 10.1. The Kier molecular flexibility index (Phi) is 5.04. The lowest BCUT2D eigenvalue weighted by Crippen LogP contribution is -2.11. The molecular formula is C11H20N4. The summed E-state index contributed by atoms with van der Waals surface area (Å²) in [6, 6.07) is 1.90. The molecule has 0 aliphatic carbocycles. The molecule has 0 radical (unpaired) electrons. The highest BCUT2D eigenvalue weighted by atomic mass is 15.0. The molecule has 15 heavy (non-hydrogen) atoms. The zero-order valence-corrected chi connectivity index (χ0v) is 9.75. The molecule has 0 aliphatic heterocycles. The molecule has 0 saturated heterocycles. The monoisotopic (exact) mass is 208 g/mol. The summed E-state index contributed by atoms with van der Waals surface area (Å²) in [7, 11) is 1.89. The van der Waals surface area contributed by atoms with E-state index in [4.69, 9.17) is 0 Å². The number of hydrogen-bond donors (Lipinski definition) is 2. The maximum Gasteiger partial charge on any atom is 0.144 e. The van der Waals surface area contributed by atoms with Gasteiger partial charge in [-0.1, -0.05) is 13.8 Å². The van der Waals surface area contributed by atoms with Crippen LogP contribution in [0.2, 0.25) is 0 Å². The SMILES string of the molecule is CNCc1nccc(NCCC(C)C)n1. The van der Waals surface area contributed by atoms with E-state index in [1.165, 1.54) is 0 Å². The molecule has 0 atom stereocenters. The Morgan fingerprint density at radius 3 is 2.87 bits per heavy atom. The first kappa shape index (κ1) is 11.9. The Bertz CT molecular complexity index is 286. The van der Waals surface area contributed by atoms with Crippen LogP contribution in [-0.4, -0.2) is 23.6 Å². The van der Waals surface area contributed by atoms with Crippen LogP contribution in [0.1, 0.15) is 26.1 Å². The average Bonchev–Trinajstić information content (AvgIpc) is 2.18. The normalized spacial score (nSPS) is 10.7. The minimum atomic E-state index is 0.708. The lowest BCUT2D eigenvalue weighted by Gasteiger charge is -2.08. The molecule has 4 heteroatoms. The molecule has 0 saturated carbocycles. The van der Waals surface area contributed by atoms with Crippen LogP contribution >= 0.6 is 0 Å². The summed E-state index contributed by atoms with van der Waals surface area (Å²) in [6.07, 6.45) is 2.95. The third-order valence-corrected chi connectivity index (χ3v) is 2.07. The standard InChI is InChI=1S/C11H20N4/c1-9(2)4-6-13-10-5-7-14-11(15-10)8-12-3/h5,7,9,12H,4,6,8H2,1-3H3,(H,13,14,15). The Morgan fingerprint density at radius 2 is 2.20 bits per heavy atom. The van der Waals surface area contributed by atoms with Gasteiger partial charge in [0, 0.05) is 12.7 Å². The number of nitrogens with one attached hydrogen (secondary N) is 2. The smallest absolute Gasteiger partial charge is 0.144 e. The van der Waals surface area contributed by atoms with Gasteiger partial charge in [0.05, 0.1) is 6.54 Å². The molecule has 0 unspecified atom stereocenters. The summed E-state index contributed by atoms with van der Waals surface area (Å²) in [6.45, 7) is 6.11. The molecule has 0 fully saturated rings. The zero-order valence-electron chi connectivity index (χ0n) is 9.75. The van der Waals surface area contributed by atoms with Crippen LogP contribution in [-0.2, 0) is 6.54 Å². The van der Waals surface area contributed by atoms with Crippen molar-refractivity contribution in [3.05, 3.63) is 18.1 Å². The van der Waals surface area contributed by atoms with Gasteiger partial charge in [-0.15, -0.1) is 0 Å². The van der Waals surface area contributed by atoms with Crippen molar-refractivity contribution in [1.29, 1.82) is 0 Å². The van der Waals surface area contributed by atoms with Crippen LogP contribution in [0, 0.1) is 5.92 Å². The molecular weight excluding hydrogens is 188 g/mol. The highest BCUT2D eigenvalue weighted by molar-refractivity contribution is 5.32. The van der Waals surface area contributed by atoms with Gasteiger partial charge in [0.25, 0.3) is 0 Å². The van der Waals surface area contributed by atoms with Crippen molar-refractivity contribution >= 4 is 5.82 Å². The van der Waals surface area contributed by atoms with E-state index >= 15 is 0 Å². The van der Waals surface area contributed by atoms with E-state index in [0.717, 1.165) is 30.5 Å². The maximum absolute atomic E-state index is 4.37. The number of rotatable bonds is 6. The molecule has 0 bridgehead atoms. The van der Waals surface area contributed by atoms with Gasteiger partial charge in [-0.2, -0.15) is 0 Å². The maximum atomic E-state index is 4.37. The van der Waals surface area contributed by atoms with Crippen molar-refractivity contribution in [3.8, 4) is 0 Å². The third-order valence-electron chi connectivity index (χ3n) is 2.07. The minimum Gasteiger partial charge on any atom is -0.370 e. The first-order valence-electron chi connectivity index (χ1n) is 5.42. The van der Waals surface area contributed by atoms with Gasteiger partial charge in [0.1, 0.15) is 11.6 Å². The topological polar surface area (TPSA) is 49.8 Å². The van der Waals surface area contributed by atoms with Gasteiger partial charge < -0.3 is 10.6 Å². The molecule has 4 nitrogen and oxygen atoms in total. The zero-order chi connectivity index (χ0) is 11.1. The first-order valence-corrected chi connectivity index (χ1v) is 5.42. The summed E-state index contributed by atoms with van der Waals surface area (Å²) in [5.41, 5.74) is 0. The number of aromatic nitrogens is 2. The lowest BCUT2D eigenvalue weighted by molar-refractivity contribution is 0.606. The van der Waals surface area contributed by atoms with Crippen LogP contribution < -0.4 is 10.6 Å². The van der Waals surface area contributed by atoms with E-state index in [-0.39, 0.29) is 0 Å². The average molecular weight is 208 g/mol. The Hall–Kier alpha value is -1.16. The van der Waals surface area contributed by atoms with Gasteiger partial charge in [-0.25, -0.2) is 9.97 Å². The van der Waals surface area contributed by atoms with E-state index in [1.54, 1.807) is 6.20 Å². The third kappa shape index (κ3) is 4.74. The van der Waals surface area contributed by atoms with Crippen LogP contribution in [0.5, 0.6) is 0 Å². The Morgan fingerprint density at radius 1 is 1.40 bits per heavy atom. The van der Waals surface area contributed by atoms with Crippen molar-refractivity contribution in [2.75, 3.05) is 18.9 Å². The van der Waals surface area contributed by atoms with Gasteiger partial charge in [0.2, 0.25) is 0 Å². The van der Waals surface area contributed by atoms with Crippen LogP contribution in [0.15, 0.2) is 12.3 Å². The fourth-order valence-electron chi connectivity index (χ4n) is 1.23. The molecule has 1 rings (SSSR count). The van der Waals surface area contributed by atoms with E-state index < -0.39 is 0 Å². The van der Waals surface area contributed by atoms with Gasteiger partial charge in [-0.05, 0) is 25.5 Å². The summed E-state index contributed by atoms with van der Waals surface area (Å²) in [5, 5.41) is 6.33. The second kappa shape index (κ2) is 6.35. The molecule has 2 N–H and O–H groups in total. The molecule has 1 heterocycles. The van der Waals surface area contributed by atoms with Crippen molar-refractivity contribution in [3.63, 3.8) is 0 Å². The molecule has 84 valence electrons. The van der Waals surface area contributed by atoms with Crippen molar-refractivity contribution in [1.82, 2.24) is 15.3 Å². The van der Waals surface area contributed by atoms with Crippen LogP contribution in [0.3, 0.4) is 0 Å². The van der Waals surface area contributed by atoms with E-state index in [0.29, 0.717) is 6.54 Å². The Labute approximate surface area is 91.5 Å². The number of anilines is 1. The summed E-state index contributed by atoms with van der Waals surface area (Å²) < 4.78 is 0. The predicted molar refractivity (Wildman–Crippen MR) is 62.7 cm³/mol. The summed E-state index contributed by atoms with van der Waals surface area (Å²) >= 11 is 0. The van der Waals surface area contributed by atoms with Gasteiger partial charge in [-0.3, -0.25) is 0 Å². The van der Waals surface area contributed by atoms with Gasteiger partial charge in [0.15, 0.2) is 0 Å². The minimum absolute atomic E-state index is 0.708. The quantitative estimate of drug-likeness (QED) is 0.746. The van der Waals surface area contributed by atoms with E-state index in [2.05, 4.69) is 34.4 Å². The molecule has 0 spiro atoms. The number of hydrogen-bond acceptors (Lipinski definition) is 4. The van der Waals surface area contributed by atoms with Crippen molar-refractivity contribution in [2.45, 2.75) is 26.8 Å². The predicted octanol–water partition coefficient (Wildman–Crippen LogP) is 1.65. The summed E-state index contributed by atoms with van der Waals surface area (Å²) in [4.78, 5) is 8.53. The van der Waals surface area contributed by atoms with Crippen molar-refractivity contribution in [2.24, 2.45) is 5.92 Å². The number of nitrogens with zero attached hydrogens (tertiary/aromatic N) is 2. The highest BCUT2D eigenvalue weighted by Gasteiger charge is 1.98. The largest absolute Gasteiger partial charge is 0.370 e. The Balaban J connectivity index is 2.43. The molecule has 0 aliphatic rings. The molecule has 1 aromatic rings. The molecule has 0 amide bonds. The fourth-order valence-corrected chi connectivity index (χ4v) is 1.23. The van der Waals surface area contributed by atoms with Crippen molar-refractivity contribution < 1.29 is 0 Å².